The molecule has 1 heterocycles. The van der Waals surface area contributed by atoms with Gasteiger partial charge in [-0.1, -0.05) is 30.3 Å². The van der Waals surface area contributed by atoms with Crippen molar-refractivity contribution in [3.05, 3.63) is 69.6 Å². The van der Waals surface area contributed by atoms with Crippen LogP contribution in [0, 0.1) is 0 Å². The summed E-state index contributed by atoms with van der Waals surface area (Å²) < 4.78 is 10.6. The van der Waals surface area contributed by atoms with Crippen LogP contribution in [0.4, 0.5) is 4.79 Å². The van der Waals surface area contributed by atoms with E-state index in [2.05, 4.69) is 10.6 Å². The van der Waals surface area contributed by atoms with Crippen LogP contribution in [0.3, 0.4) is 0 Å². The second-order valence-electron chi connectivity index (χ2n) is 7.32. The van der Waals surface area contributed by atoms with E-state index in [-0.39, 0.29) is 35.9 Å². The van der Waals surface area contributed by atoms with Crippen LogP contribution in [-0.2, 0) is 26.3 Å². The van der Waals surface area contributed by atoms with Crippen molar-refractivity contribution < 1.29 is 29.1 Å². The summed E-state index contributed by atoms with van der Waals surface area (Å²) in [5.41, 5.74) is -0.358. The number of alkyl carbamates (subject to hydrolysis) is 1. The van der Waals surface area contributed by atoms with Gasteiger partial charge in [-0.15, -0.1) is 4.73 Å². The largest absolute Gasteiger partial charge is 0.466 e. The molecule has 2 aromatic rings. The Morgan fingerprint density at radius 3 is 2.34 bits per heavy atom. The topological polar surface area (TPSA) is 136 Å². The number of carbonyl (C=O) groups is 3. The lowest BCUT2D eigenvalue weighted by Crippen LogP contribution is -2.39. The molecule has 0 bridgehead atoms. The van der Waals surface area contributed by atoms with Crippen LogP contribution in [-0.4, -0.2) is 47.6 Å². The van der Waals surface area contributed by atoms with Crippen molar-refractivity contribution in [3.63, 3.8) is 0 Å². The number of benzene rings is 1. The van der Waals surface area contributed by atoms with Gasteiger partial charge in [-0.05, 0) is 38.0 Å². The van der Waals surface area contributed by atoms with Crippen LogP contribution in [0.2, 0.25) is 0 Å². The van der Waals surface area contributed by atoms with Gasteiger partial charge >= 0.3 is 12.1 Å². The van der Waals surface area contributed by atoms with E-state index in [0.29, 0.717) is 6.61 Å². The Bertz CT molecular complexity index is 1010. The van der Waals surface area contributed by atoms with Crippen LogP contribution in [0.25, 0.3) is 0 Å². The first kappa shape index (κ1) is 24.4. The van der Waals surface area contributed by atoms with Crippen LogP contribution in [0.5, 0.6) is 0 Å². The predicted octanol–water partition coefficient (Wildman–Crippen LogP) is 1.58. The number of aromatic nitrogens is 1. The summed E-state index contributed by atoms with van der Waals surface area (Å²) in [6, 6.07) is 10.9. The van der Waals surface area contributed by atoms with E-state index in [1.807, 2.05) is 0 Å². The Hall–Kier alpha value is -3.82. The van der Waals surface area contributed by atoms with E-state index in [9.17, 15) is 24.4 Å². The molecule has 0 aliphatic rings. The van der Waals surface area contributed by atoms with Crippen molar-refractivity contribution in [1.29, 1.82) is 0 Å². The first-order valence-electron chi connectivity index (χ1n) is 10.1. The number of carbonyl (C=O) groups excluding carboxylic acids is 3. The van der Waals surface area contributed by atoms with Gasteiger partial charge in [-0.2, -0.15) is 0 Å². The fraction of sp³-hybridized carbons (Fsp3) is 0.364. The Morgan fingerprint density at radius 2 is 1.69 bits per heavy atom. The molecular formula is C22H27N3O7. The van der Waals surface area contributed by atoms with Crippen molar-refractivity contribution in [1.82, 2.24) is 15.4 Å². The number of pyridine rings is 1. The molecule has 32 heavy (non-hydrogen) atoms. The van der Waals surface area contributed by atoms with Crippen molar-refractivity contribution in [2.75, 3.05) is 19.7 Å². The van der Waals surface area contributed by atoms with Gasteiger partial charge in [0, 0.05) is 19.2 Å². The molecule has 0 radical (unpaired) electrons. The maximum Gasteiger partial charge on any atom is 0.408 e. The monoisotopic (exact) mass is 445 g/mol. The number of esters is 1. The summed E-state index contributed by atoms with van der Waals surface area (Å²) in [4.78, 5) is 47.1. The molecule has 2 amide bonds. The molecule has 172 valence electrons. The molecule has 0 spiro atoms. The van der Waals surface area contributed by atoms with Crippen LogP contribution < -0.4 is 16.2 Å². The highest BCUT2D eigenvalue weighted by Crippen LogP contribution is 2.25. The first-order valence-corrected chi connectivity index (χ1v) is 10.1. The molecule has 0 saturated heterocycles. The van der Waals surface area contributed by atoms with Crippen molar-refractivity contribution >= 4 is 18.0 Å². The van der Waals surface area contributed by atoms with E-state index < -0.39 is 23.2 Å². The highest BCUT2D eigenvalue weighted by molar-refractivity contribution is 5.92. The molecule has 2 rings (SSSR count). The Kier molecular flexibility index (Phi) is 8.39. The average molecular weight is 445 g/mol. The molecule has 0 unspecified atom stereocenters. The number of ether oxygens (including phenoxy) is 2. The summed E-state index contributed by atoms with van der Waals surface area (Å²) >= 11 is 0. The molecule has 10 heteroatoms. The van der Waals surface area contributed by atoms with Gasteiger partial charge in [-0.25, -0.2) is 4.79 Å². The van der Waals surface area contributed by atoms with Gasteiger partial charge < -0.3 is 25.3 Å². The highest BCUT2D eigenvalue weighted by atomic mass is 16.6. The lowest BCUT2D eigenvalue weighted by atomic mass is 9.96. The molecule has 0 saturated carbocycles. The fourth-order valence-electron chi connectivity index (χ4n) is 2.81. The quantitative estimate of drug-likeness (QED) is 0.303. The minimum atomic E-state index is -0.938. The van der Waals surface area contributed by atoms with Gasteiger partial charge in [0.2, 0.25) is 0 Å². The number of nitrogens with zero attached hydrogens (tertiary/aromatic N) is 1. The first-order chi connectivity index (χ1) is 15.1. The highest BCUT2D eigenvalue weighted by Gasteiger charge is 2.25. The molecule has 0 atom stereocenters. The molecule has 0 aliphatic carbocycles. The molecule has 1 aromatic heterocycles. The molecule has 3 N–H and O–H groups in total. The van der Waals surface area contributed by atoms with Crippen LogP contribution in [0.15, 0.2) is 47.3 Å². The zero-order valence-electron chi connectivity index (χ0n) is 18.2. The lowest BCUT2D eigenvalue weighted by molar-refractivity contribution is -0.142. The molecule has 10 nitrogen and oxygen atoms in total. The third-order valence-corrected chi connectivity index (χ3v) is 4.49. The summed E-state index contributed by atoms with van der Waals surface area (Å²) in [5.74, 6) is -0.972. The normalized spacial score (nSPS) is 10.8. The molecule has 0 fully saturated rings. The fourth-order valence-corrected chi connectivity index (χ4v) is 2.81. The third kappa shape index (κ3) is 6.86. The molecule has 0 aliphatic heterocycles. The van der Waals surface area contributed by atoms with Gasteiger partial charge in [0.1, 0.15) is 11.3 Å². The van der Waals surface area contributed by atoms with Gasteiger partial charge in [0.25, 0.3) is 11.5 Å². The maximum absolute atomic E-state index is 12.1. The number of hydrogen-bond donors (Lipinski definition) is 3. The summed E-state index contributed by atoms with van der Waals surface area (Å²) in [6.45, 7) is 5.65. The Labute approximate surface area is 185 Å². The average Bonchev–Trinajstić information content (AvgIpc) is 2.73. The summed E-state index contributed by atoms with van der Waals surface area (Å²) in [7, 11) is 0. The van der Waals surface area contributed by atoms with E-state index >= 15 is 0 Å². The number of nitrogens with one attached hydrogen (secondary N) is 2. The second-order valence-corrected chi connectivity index (χ2v) is 7.32. The zero-order chi connectivity index (χ0) is 23.7. The number of hydrogen-bond acceptors (Lipinski definition) is 7. The van der Waals surface area contributed by atoms with E-state index in [1.165, 1.54) is 12.1 Å². The number of amides is 2. The van der Waals surface area contributed by atoms with Crippen LogP contribution >= 0.6 is 0 Å². The minimum absolute atomic E-state index is 0.0556. The Balaban J connectivity index is 1.81. The standard InChI is InChI=1S/C22H27N3O7/c1-4-31-19(27)14-15-8-10-16(11-9-15)22(2,3)32-21(29)24-13-12-23-20(28)17-6-5-7-18(26)25(17)30/h5-11,30H,4,12-14H2,1-3H3,(H,23,28)(H,24,29). The van der Waals surface area contributed by atoms with Crippen molar-refractivity contribution in [2.45, 2.75) is 32.8 Å². The smallest absolute Gasteiger partial charge is 0.408 e. The second kappa shape index (κ2) is 11.0. The SMILES string of the molecule is CCOC(=O)Cc1ccc(C(C)(C)OC(=O)NCCNC(=O)c2cccc(=O)n2O)cc1. The number of rotatable bonds is 9. The zero-order valence-corrected chi connectivity index (χ0v) is 18.2. The third-order valence-electron chi connectivity index (χ3n) is 4.49. The molecular weight excluding hydrogens is 418 g/mol. The predicted molar refractivity (Wildman–Crippen MR) is 115 cm³/mol. The van der Waals surface area contributed by atoms with Gasteiger partial charge in [0.15, 0.2) is 0 Å². The van der Waals surface area contributed by atoms with E-state index in [4.69, 9.17) is 9.47 Å². The van der Waals surface area contributed by atoms with Crippen molar-refractivity contribution in [3.8, 4) is 0 Å². The van der Waals surface area contributed by atoms with Crippen molar-refractivity contribution in [2.24, 2.45) is 0 Å². The summed E-state index contributed by atoms with van der Waals surface area (Å²) in [5, 5.41) is 14.6. The minimum Gasteiger partial charge on any atom is -0.466 e. The molecule has 1 aromatic carbocycles. The lowest BCUT2D eigenvalue weighted by Gasteiger charge is -2.26. The van der Waals surface area contributed by atoms with Gasteiger partial charge in [0.05, 0.1) is 13.0 Å². The van der Waals surface area contributed by atoms with Gasteiger partial charge in [-0.3, -0.25) is 14.4 Å². The summed E-state index contributed by atoms with van der Waals surface area (Å²) in [6.07, 6.45) is -0.518. The maximum atomic E-state index is 12.1. The van der Waals surface area contributed by atoms with Crippen LogP contribution in [0.1, 0.15) is 42.4 Å². The van der Waals surface area contributed by atoms with E-state index in [1.54, 1.807) is 45.0 Å². The van der Waals surface area contributed by atoms with E-state index in [0.717, 1.165) is 17.2 Å². The Morgan fingerprint density at radius 1 is 1.03 bits per heavy atom.